The highest BCUT2D eigenvalue weighted by Gasteiger charge is 2.28. The lowest BCUT2D eigenvalue weighted by molar-refractivity contribution is -0.134. The molecule has 16 heavy (non-hydrogen) atoms. The Morgan fingerprint density at radius 3 is 2.94 bits per heavy atom. The zero-order chi connectivity index (χ0) is 11.5. The van der Waals surface area contributed by atoms with E-state index in [4.69, 9.17) is 5.73 Å². The molecule has 0 spiro atoms. The molecule has 0 bridgehead atoms. The van der Waals surface area contributed by atoms with Crippen molar-refractivity contribution in [3.05, 3.63) is 23.8 Å². The van der Waals surface area contributed by atoms with Gasteiger partial charge in [0.25, 0.3) is 0 Å². The van der Waals surface area contributed by atoms with E-state index >= 15 is 0 Å². The number of piperidine rings is 1. The highest BCUT2D eigenvalue weighted by Crippen LogP contribution is 2.22. The van der Waals surface area contributed by atoms with Gasteiger partial charge < -0.3 is 5.73 Å². The third kappa shape index (κ3) is 2.06. The van der Waals surface area contributed by atoms with Crippen molar-refractivity contribution in [3.63, 3.8) is 0 Å². The van der Waals surface area contributed by atoms with Gasteiger partial charge in [-0.2, -0.15) is 0 Å². The predicted molar refractivity (Wildman–Crippen MR) is 55.0 cm³/mol. The fraction of sp³-hybridized carbons (Fsp3) is 0.400. The Bertz CT molecular complexity index is 433. The van der Waals surface area contributed by atoms with Crippen LogP contribution in [0.3, 0.4) is 0 Å². The Hall–Kier alpha value is -1.82. The van der Waals surface area contributed by atoms with Crippen LogP contribution in [0, 0.1) is 0 Å². The molecule has 1 fully saturated rings. The number of carbonyl (C=O) groups excluding carboxylic acids is 2. The standard InChI is InChI=1S/C10H12N4O2/c11-4-6-3-8(13-5-12-6)7-1-2-9(15)14-10(7)16/h3,5,7H,1-2,4,11H2,(H,14,15,16). The van der Waals surface area contributed by atoms with Crippen molar-refractivity contribution in [2.75, 3.05) is 0 Å². The maximum atomic E-state index is 11.6. The van der Waals surface area contributed by atoms with Gasteiger partial charge in [0, 0.05) is 13.0 Å². The third-order valence-corrected chi connectivity index (χ3v) is 2.55. The highest BCUT2D eigenvalue weighted by molar-refractivity contribution is 6.00. The van der Waals surface area contributed by atoms with Crippen molar-refractivity contribution in [2.45, 2.75) is 25.3 Å². The molecule has 1 unspecified atom stereocenters. The van der Waals surface area contributed by atoms with Crippen molar-refractivity contribution < 1.29 is 9.59 Å². The maximum Gasteiger partial charge on any atom is 0.235 e. The van der Waals surface area contributed by atoms with E-state index < -0.39 is 0 Å². The first-order chi connectivity index (χ1) is 7.70. The van der Waals surface area contributed by atoms with Crippen LogP contribution in [0.4, 0.5) is 0 Å². The molecule has 2 heterocycles. The van der Waals surface area contributed by atoms with Gasteiger partial charge >= 0.3 is 0 Å². The average Bonchev–Trinajstić information content (AvgIpc) is 2.29. The molecular formula is C10H12N4O2. The first-order valence-electron chi connectivity index (χ1n) is 5.05. The number of aromatic nitrogens is 2. The van der Waals surface area contributed by atoms with Gasteiger partial charge in [-0.1, -0.05) is 0 Å². The number of nitrogens with one attached hydrogen (secondary N) is 1. The van der Waals surface area contributed by atoms with Gasteiger partial charge in [0.15, 0.2) is 0 Å². The van der Waals surface area contributed by atoms with Crippen LogP contribution >= 0.6 is 0 Å². The molecule has 1 saturated heterocycles. The zero-order valence-corrected chi connectivity index (χ0v) is 8.64. The predicted octanol–water partition coefficient (Wildman–Crippen LogP) is -0.544. The van der Waals surface area contributed by atoms with Gasteiger partial charge in [0.2, 0.25) is 11.8 Å². The van der Waals surface area contributed by atoms with E-state index in [1.165, 1.54) is 6.33 Å². The Labute approximate surface area is 92.3 Å². The minimum Gasteiger partial charge on any atom is -0.325 e. The summed E-state index contributed by atoms with van der Waals surface area (Å²) in [7, 11) is 0. The minimum absolute atomic E-state index is 0.227. The molecule has 0 aliphatic carbocycles. The summed E-state index contributed by atoms with van der Waals surface area (Å²) >= 11 is 0. The van der Waals surface area contributed by atoms with E-state index in [1.807, 2.05) is 0 Å². The topological polar surface area (TPSA) is 98.0 Å². The van der Waals surface area contributed by atoms with E-state index in [9.17, 15) is 9.59 Å². The number of nitrogens with zero attached hydrogens (tertiary/aromatic N) is 2. The molecule has 1 aromatic heterocycles. The van der Waals surface area contributed by atoms with Crippen molar-refractivity contribution >= 4 is 11.8 Å². The van der Waals surface area contributed by atoms with Crippen molar-refractivity contribution in [2.24, 2.45) is 5.73 Å². The summed E-state index contributed by atoms with van der Waals surface area (Å²) in [6.45, 7) is 0.308. The summed E-state index contributed by atoms with van der Waals surface area (Å²) in [5, 5.41) is 2.30. The number of imide groups is 1. The second-order valence-electron chi connectivity index (χ2n) is 3.64. The Morgan fingerprint density at radius 2 is 2.25 bits per heavy atom. The highest BCUT2D eigenvalue weighted by atomic mass is 16.2. The Balaban J connectivity index is 2.23. The van der Waals surface area contributed by atoms with Gasteiger partial charge in [-0.25, -0.2) is 9.97 Å². The SMILES string of the molecule is NCc1cc(C2CCC(=O)NC2=O)ncn1. The molecule has 3 N–H and O–H groups in total. The average molecular weight is 220 g/mol. The third-order valence-electron chi connectivity index (χ3n) is 2.55. The van der Waals surface area contributed by atoms with Gasteiger partial charge in [0.05, 0.1) is 17.3 Å². The normalized spacial score (nSPS) is 20.7. The molecule has 2 rings (SSSR count). The monoisotopic (exact) mass is 220 g/mol. The van der Waals surface area contributed by atoms with Gasteiger partial charge in [0.1, 0.15) is 6.33 Å². The van der Waals surface area contributed by atoms with Crippen LogP contribution in [0.25, 0.3) is 0 Å². The molecule has 1 aromatic rings. The number of hydrogen-bond acceptors (Lipinski definition) is 5. The van der Waals surface area contributed by atoms with E-state index in [1.54, 1.807) is 6.07 Å². The summed E-state index contributed by atoms with van der Waals surface area (Å²) in [4.78, 5) is 30.6. The number of nitrogens with two attached hydrogens (primary N) is 1. The van der Waals surface area contributed by atoms with Crippen molar-refractivity contribution in [1.29, 1.82) is 0 Å². The maximum absolute atomic E-state index is 11.6. The molecule has 0 saturated carbocycles. The van der Waals surface area contributed by atoms with Crippen molar-refractivity contribution in [3.8, 4) is 0 Å². The summed E-state index contributed by atoms with van der Waals surface area (Å²) < 4.78 is 0. The molecule has 6 nitrogen and oxygen atoms in total. The van der Waals surface area contributed by atoms with E-state index in [0.29, 0.717) is 30.8 Å². The Morgan fingerprint density at radius 1 is 1.44 bits per heavy atom. The summed E-state index contributed by atoms with van der Waals surface area (Å²) in [6, 6.07) is 1.71. The quantitative estimate of drug-likeness (QED) is 0.652. The molecule has 1 atom stereocenters. The number of hydrogen-bond donors (Lipinski definition) is 2. The number of rotatable bonds is 2. The van der Waals surface area contributed by atoms with E-state index in [2.05, 4.69) is 15.3 Å². The molecule has 0 aromatic carbocycles. The van der Waals surface area contributed by atoms with Gasteiger partial charge in [-0.05, 0) is 12.5 Å². The van der Waals surface area contributed by atoms with Crippen LogP contribution in [-0.2, 0) is 16.1 Å². The van der Waals surface area contributed by atoms with Gasteiger partial charge in [-0.3, -0.25) is 14.9 Å². The molecule has 1 aliphatic rings. The first-order valence-corrected chi connectivity index (χ1v) is 5.05. The number of carbonyl (C=O) groups is 2. The van der Waals surface area contributed by atoms with Gasteiger partial charge in [-0.15, -0.1) is 0 Å². The fourth-order valence-corrected chi connectivity index (χ4v) is 1.69. The lowest BCUT2D eigenvalue weighted by atomic mass is 9.94. The molecule has 0 radical (unpaired) electrons. The molecule has 1 aliphatic heterocycles. The minimum atomic E-state index is -0.369. The van der Waals surface area contributed by atoms with E-state index in [-0.39, 0.29) is 17.7 Å². The summed E-state index contributed by atoms with van der Waals surface area (Å²) in [5.41, 5.74) is 6.77. The van der Waals surface area contributed by atoms with Crippen LogP contribution in [0.15, 0.2) is 12.4 Å². The zero-order valence-electron chi connectivity index (χ0n) is 8.64. The van der Waals surface area contributed by atoms with Crippen LogP contribution in [-0.4, -0.2) is 21.8 Å². The van der Waals surface area contributed by atoms with Crippen LogP contribution in [0.5, 0.6) is 0 Å². The molecular weight excluding hydrogens is 208 g/mol. The number of amides is 2. The summed E-state index contributed by atoms with van der Waals surface area (Å²) in [5.74, 6) is -0.890. The van der Waals surface area contributed by atoms with Crippen LogP contribution in [0.2, 0.25) is 0 Å². The fourth-order valence-electron chi connectivity index (χ4n) is 1.69. The van der Waals surface area contributed by atoms with Crippen LogP contribution < -0.4 is 11.1 Å². The summed E-state index contributed by atoms with van der Waals surface area (Å²) in [6.07, 6.45) is 2.23. The lowest BCUT2D eigenvalue weighted by Crippen LogP contribution is -2.39. The van der Waals surface area contributed by atoms with Crippen LogP contribution in [0.1, 0.15) is 30.1 Å². The smallest absolute Gasteiger partial charge is 0.235 e. The molecule has 6 heteroatoms. The molecule has 2 amide bonds. The largest absolute Gasteiger partial charge is 0.325 e. The van der Waals surface area contributed by atoms with E-state index in [0.717, 1.165) is 0 Å². The lowest BCUT2D eigenvalue weighted by Gasteiger charge is -2.20. The first kappa shape index (κ1) is 10.7. The molecule has 84 valence electrons. The Kier molecular flexibility index (Phi) is 2.91. The van der Waals surface area contributed by atoms with Crippen molar-refractivity contribution in [1.82, 2.24) is 15.3 Å². The second-order valence-corrected chi connectivity index (χ2v) is 3.64. The second kappa shape index (κ2) is 4.36.